The third kappa shape index (κ3) is 2.97. The molecule has 0 bridgehead atoms. The predicted molar refractivity (Wildman–Crippen MR) is 61.6 cm³/mol. The van der Waals surface area contributed by atoms with Crippen LogP contribution in [0.4, 0.5) is 0 Å². The Kier molecular flexibility index (Phi) is 3.69. The summed E-state index contributed by atoms with van der Waals surface area (Å²) in [5.74, 6) is 0. The first kappa shape index (κ1) is 10.5. The van der Waals surface area contributed by atoms with Gasteiger partial charge < -0.3 is 0 Å². The van der Waals surface area contributed by atoms with Crippen molar-refractivity contribution in [3.63, 3.8) is 0 Å². The zero-order valence-electron chi connectivity index (χ0n) is 8.00. The van der Waals surface area contributed by atoms with Gasteiger partial charge in [-0.05, 0) is 31.0 Å². The fraction of sp³-hybridized carbons (Fsp3) is 0.333. The lowest BCUT2D eigenvalue weighted by molar-refractivity contribution is -0.646. The molecule has 0 atom stereocenters. The number of rotatable bonds is 1. The quantitative estimate of drug-likeness (QED) is 0.566. The van der Waals surface area contributed by atoms with Crippen molar-refractivity contribution >= 4 is 28.3 Å². The van der Waals surface area contributed by atoms with Gasteiger partial charge in [0.25, 0.3) is 0 Å². The summed E-state index contributed by atoms with van der Waals surface area (Å²) in [6.45, 7) is 4.12. The molecule has 0 aliphatic rings. The topological polar surface area (TPSA) is 15.9 Å². The minimum atomic E-state index is 0.775. The van der Waals surface area contributed by atoms with Crippen molar-refractivity contribution in [3.8, 4) is 0 Å². The molecule has 0 aromatic carbocycles. The molecule has 0 unspecified atom stereocenters. The van der Waals surface area contributed by atoms with E-state index in [4.69, 9.17) is 12.2 Å². The van der Waals surface area contributed by atoms with E-state index < -0.39 is 0 Å². The summed E-state index contributed by atoms with van der Waals surface area (Å²) >= 11 is 6.59. The molecule has 1 heterocycles. The van der Waals surface area contributed by atoms with Crippen molar-refractivity contribution in [2.24, 2.45) is 0 Å². The molecule has 0 saturated carbocycles. The van der Waals surface area contributed by atoms with Crippen LogP contribution < -0.4 is 10.1 Å². The average Bonchev–Trinajstić information content (AvgIpc) is 2.09. The van der Waals surface area contributed by atoms with Crippen molar-refractivity contribution in [3.05, 3.63) is 29.6 Å². The van der Waals surface area contributed by atoms with Crippen LogP contribution in [0.15, 0.2) is 18.3 Å². The van der Waals surface area contributed by atoms with E-state index in [1.807, 2.05) is 30.1 Å². The summed E-state index contributed by atoms with van der Waals surface area (Å²) < 4.78 is 2.70. The number of pyridine rings is 1. The van der Waals surface area contributed by atoms with Crippen LogP contribution in [0.3, 0.4) is 0 Å². The van der Waals surface area contributed by atoms with E-state index in [-0.39, 0.29) is 0 Å². The van der Waals surface area contributed by atoms with E-state index in [1.54, 1.807) is 0 Å². The molecule has 0 aliphatic heterocycles. The lowest BCUT2D eigenvalue weighted by Crippen LogP contribution is -2.48. The van der Waals surface area contributed by atoms with Crippen LogP contribution in [0.5, 0.6) is 0 Å². The molecule has 0 spiro atoms. The first-order valence-electron chi connectivity index (χ1n) is 3.97. The van der Waals surface area contributed by atoms with E-state index in [0.717, 1.165) is 10.0 Å². The summed E-state index contributed by atoms with van der Waals surface area (Å²) in [6.07, 6.45) is 3.94. The van der Waals surface area contributed by atoms with Gasteiger partial charge in [-0.15, -0.1) is 5.43 Å². The van der Waals surface area contributed by atoms with Gasteiger partial charge in [-0.3, -0.25) is 0 Å². The molecule has 0 amide bonds. The molecule has 1 aromatic rings. The maximum Gasteiger partial charge on any atom is 0.209 e. The largest absolute Gasteiger partial charge is 0.209 e. The van der Waals surface area contributed by atoms with Gasteiger partial charge in [0.15, 0.2) is 10.5 Å². The number of nitrogens with one attached hydrogen (secondary N) is 1. The van der Waals surface area contributed by atoms with Crippen LogP contribution in [0, 0.1) is 13.8 Å². The highest BCUT2D eigenvalue weighted by atomic mass is 32.2. The third-order valence-corrected chi connectivity index (χ3v) is 2.75. The summed E-state index contributed by atoms with van der Waals surface area (Å²) in [7, 11) is 0. The van der Waals surface area contributed by atoms with Crippen LogP contribution in [0.1, 0.15) is 11.3 Å². The molecule has 0 radical (unpaired) electrons. The zero-order chi connectivity index (χ0) is 9.84. The molecule has 70 valence electrons. The Morgan fingerprint density at radius 3 is 2.77 bits per heavy atom. The maximum absolute atomic E-state index is 5.06. The van der Waals surface area contributed by atoms with E-state index in [1.165, 1.54) is 17.3 Å². The monoisotopic (exact) mass is 213 g/mol. The molecule has 0 fully saturated rings. The summed E-state index contributed by atoms with van der Waals surface area (Å²) in [4.78, 5) is 0. The highest BCUT2D eigenvalue weighted by Gasteiger charge is 2.06. The molecule has 0 aliphatic carbocycles. The fourth-order valence-corrected chi connectivity index (χ4v) is 1.31. The van der Waals surface area contributed by atoms with E-state index in [0.29, 0.717) is 0 Å². The van der Waals surface area contributed by atoms with Gasteiger partial charge in [0.1, 0.15) is 0 Å². The summed E-state index contributed by atoms with van der Waals surface area (Å²) in [6, 6.07) is 4.15. The lowest BCUT2D eigenvalue weighted by Gasteiger charge is -2.01. The molecule has 13 heavy (non-hydrogen) atoms. The molecule has 2 nitrogen and oxygen atoms in total. The van der Waals surface area contributed by atoms with Crippen LogP contribution in [-0.2, 0) is 0 Å². The predicted octanol–water partition coefficient (Wildman–Crippen LogP) is 1.78. The Balaban J connectivity index is 2.83. The van der Waals surface area contributed by atoms with Gasteiger partial charge in [0.05, 0.1) is 0 Å². The normalized spacial score (nSPS) is 9.77. The molecular formula is C9H13N2S2+. The number of hydrogen-bond donors (Lipinski definition) is 1. The number of hydrogen-bond acceptors (Lipinski definition) is 2. The lowest BCUT2D eigenvalue weighted by atomic mass is 10.2. The minimum Gasteiger partial charge on any atom is -0.143 e. The minimum absolute atomic E-state index is 0.775. The molecule has 1 rings (SSSR count). The first-order valence-corrected chi connectivity index (χ1v) is 5.60. The second-order valence-electron chi connectivity index (χ2n) is 2.82. The van der Waals surface area contributed by atoms with Crippen LogP contribution in [-0.4, -0.2) is 10.6 Å². The van der Waals surface area contributed by atoms with Crippen LogP contribution in [0.25, 0.3) is 0 Å². The summed E-state index contributed by atoms with van der Waals surface area (Å²) in [5, 5.41) is 0. The number of thiocarbonyl (C=S) groups is 1. The number of nitrogens with zero attached hydrogens (tertiary/aromatic N) is 1. The SMILES string of the molecule is CSC(=S)N[n+]1ccc(C)cc1C. The average molecular weight is 213 g/mol. The number of aryl methyl sites for hydroxylation is 2. The molecule has 1 aromatic heterocycles. The highest BCUT2D eigenvalue weighted by Crippen LogP contribution is 1.97. The third-order valence-electron chi connectivity index (χ3n) is 1.70. The molecular weight excluding hydrogens is 200 g/mol. The van der Waals surface area contributed by atoms with Crippen molar-refractivity contribution in [2.75, 3.05) is 11.7 Å². The highest BCUT2D eigenvalue weighted by molar-refractivity contribution is 8.22. The van der Waals surface area contributed by atoms with E-state index in [2.05, 4.69) is 18.4 Å². The second-order valence-corrected chi connectivity index (χ2v) is 4.30. The van der Waals surface area contributed by atoms with Crippen molar-refractivity contribution < 1.29 is 4.68 Å². The molecule has 0 saturated heterocycles. The fourth-order valence-electron chi connectivity index (χ4n) is 1.03. The standard InChI is InChI=1S/C9H12N2S2/c1-7-4-5-11(8(2)6-7)10-9(12)13-3/h4-6H,1-3H3/p+1. The van der Waals surface area contributed by atoms with E-state index in [9.17, 15) is 0 Å². The Hall–Kier alpha value is -0.610. The van der Waals surface area contributed by atoms with Crippen LogP contribution in [0.2, 0.25) is 0 Å². The Bertz CT molecular complexity index is 323. The van der Waals surface area contributed by atoms with Gasteiger partial charge in [-0.25, -0.2) is 0 Å². The zero-order valence-corrected chi connectivity index (χ0v) is 9.63. The van der Waals surface area contributed by atoms with Gasteiger partial charge in [0, 0.05) is 19.1 Å². The molecule has 1 N–H and O–H groups in total. The molecule has 4 heteroatoms. The second kappa shape index (κ2) is 4.58. The van der Waals surface area contributed by atoms with Crippen LogP contribution >= 0.6 is 24.0 Å². The van der Waals surface area contributed by atoms with Gasteiger partial charge in [0.2, 0.25) is 5.69 Å². The smallest absolute Gasteiger partial charge is 0.143 e. The summed E-state index contributed by atoms with van der Waals surface area (Å²) in [5.41, 5.74) is 5.50. The number of aromatic nitrogens is 1. The van der Waals surface area contributed by atoms with Gasteiger partial charge in [-0.1, -0.05) is 16.4 Å². The van der Waals surface area contributed by atoms with Crippen molar-refractivity contribution in [1.82, 2.24) is 0 Å². The Labute approximate surface area is 88.3 Å². The van der Waals surface area contributed by atoms with Gasteiger partial charge in [-0.2, -0.15) is 0 Å². The Morgan fingerprint density at radius 2 is 2.23 bits per heavy atom. The van der Waals surface area contributed by atoms with Crippen molar-refractivity contribution in [1.29, 1.82) is 0 Å². The Morgan fingerprint density at radius 1 is 1.54 bits per heavy atom. The van der Waals surface area contributed by atoms with Gasteiger partial charge >= 0.3 is 0 Å². The van der Waals surface area contributed by atoms with E-state index >= 15 is 0 Å². The number of thioether (sulfide) groups is 1. The maximum atomic E-state index is 5.06. The first-order chi connectivity index (χ1) is 6.13. The van der Waals surface area contributed by atoms with Crippen molar-refractivity contribution in [2.45, 2.75) is 13.8 Å².